The maximum absolute atomic E-state index is 13.5. The van der Waals surface area contributed by atoms with Gasteiger partial charge in [0.05, 0.1) is 6.04 Å². The van der Waals surface area contributed by atoms with Gasteiger partial charge in [0.25, 0.3) is 0 Å². The first-order chi connectivity index (χ1) is 8.95. The van der Waals surface area contributed by atoms with E-state index in [0.717, 1.165) is 6.07 Å². The number of amides is 1. The van der Waals surface area contributed by atoms with Crippen LogP contribution in [0.15, 0.2) is 30.9 Å². The number of carbonyl (C=O) groups excluding carboxylic acids is 1. The van der Waals surface area contributed by atoms with Gasteiger partial charge in [0, 0.05) is 24.7 Å². The minimum absolute atomic E-state index is 0.162. The van der Waals surface area contributed by atoms with Crippen LogP contribution in [0.1, 0.15) is 12.5 Å². The zero-order valence-corrected chi connectivity index (χ0v) is 11.1. The average Bonchev–Trinajstić information content (AvgIpc) is 2.38. The molecule has 0 radical (unpaired) electrons. The lowest BCUT2D eigenvalue weighted by Crippen LogP contribution is -2.43. The van der Waals surface area contributed by atoms with Gasteiger partial charge in [-0.15, -0.1) is 6.58 Å². The van der Waals surface area contributed by atoms with Crippen molar-refractivity contribution in [1.82, 2.24) is 10.2 Å². The van der Waals surface area contributed by atoms with Crippen LogP contribution in [0, 0.1) is 11.6 Å². The summed E-state index contributed by atoms with van der Waals surface area (Å²) < 4.78 is 26.3. The molecule has 0 saturated heterocycles. The number of benzene rings is 1. The maximum atomic E-state index is 13.5. The van der Waals surface area contributed by atoms with E-state index in [9.17, 15) is 13.6 Å². The van der Waals surface area contributed by atoms with Gasteiger partial charge in [-0.3, -0.25) is 9.69 Å². The van der Waals surface area contributed by atoms with Crippen molar-refractivity contribution in [3.63, 3.8) is 0 Å². The number of nitrogens with one attached hydrogen (secondary N) is 1. The number of nitrogens with zero attached hydrogens (tertiary/aromatic N) is 1. The summed E-state index contributed by atoms with van der Waals surface area (Å²) in [6.45, 7) is 5.85. The minimum Gasteiger partial charge on any atom is -0.351 e. The summed E-state index contributed by atoms with van der Waals surface area (Å²) in [6.07, 6.45) is 1.59. The number of hydrogen-bond acceptors (Lipinski definition) is 2. The molecule has 3 nitrogen and oxygen atoms in total. The molecule has 1 aromatic rings. The predicted molar refractivity (Wildman–Crippen MR) is 70.5 cm³/mol. The Morgan fingerprint density at radius 3 is 2.79 bits per heavy atom. The fourth-order valence-corrected chi connectivity index (χ4v) is 1.58. The van der Waals surface area contributed by atoms with Gasteiger partial charge >= 0.3 is 0 Å². The first-order valence-electron chi connectivity index (χ1n) is 5.98. The number of carbonyl (C=O) groups is 1. The minimum atomic E-state index is -0.610. The number of halogens is 2. The molecule has 0 aliphatic rings. The lowest BCUT2D eigenvalue weighted by atomic mass is 10.1. The van der Waals surface area contributed by atoms with E-state index >= 15 is 0 Å². The Balaban J connectivity index is 2.65. The monoisotopic (exact) mass is 268 g/mol. The zero-order chi connectivity index (χ0) is 14.4. The molecule has 1 atom stereocenters. The number of likely N-dealkylation sites (N-methyl/N-ethyl adjacent to an activating group) is 1. The SMILES string of the molecule is C=CCNC(=O)[C@@H](C)N(C)Cc1ccc(F)cc1F. The van der Waals surface area contributed by atoms with Gasteiger partial charge in [-0.1, -0.05) is 12.1 Å². The highest BCUT2D eigenvalue weighted by molar-refractivity contribution is 5.81. The van der Waals surface area contributed by atoms with Crippen molar-refractivity contribution < 1.29 is 13.6 Å². The molecule has 1 aromatic carbocycles. The highest BCUT2D eigenvalue weighted by Gasteiger charge is 2.18. The molecule has 0 bridgehead atoms. The topological polar surface area (TPSA) is 32.3 Å². The van der Waals surface area contributed by atoms with Crippen LogP contribution in [0.4, 0.5) is 8.78 Å². The van der Waals surface area contributed by atoms with Crippen LogP contribution in [0.3, 0.4) is 0 Å². The molecular formula is C14H18F2N2O. The fourth-order valence-electron chi connectivity index (χ4n) is 1.58. The molecular weight excluding hydrogens is 250 g/mol. The zero-order valence-electron chi connectivity index (χ0n) is 11.1. The third kappa shape index (κ3) is 4.44. The molecule has 0 heterocycles. The van der Waals surface area contributed by atoms with Crippen molar-refractivity contribution in [2.75, 3.05) is 13.6 Å². The van der Waals surface area contributed by atoms with Crippen LogP contribution in [0.5, 0.6) is 0 Å². The second-order valence-electron chi connectivity index (χ2n) is 4.36. The summed E-state index contributed by atoms with van der Waals surface area (Å²) in [6, 6.07) is 3.01. The normalized spacial score (nSPS) is 12.3. The molecule has 5 heteroatoms. The molecule has 0 aromatic heterocycles. The van der Waals surface area contributed by atoms with E-state index in [1.165, 1.54) is 12.1 Å². The van der Waals surface area contributed by atoms with Gasteiger partial charge in [0.2, 0.25) is 5.91 Å². The molecule has 1 rings (SSSR count). The van der Waals surface area contributed by atoms with E-state index in [0.29, 0.717) is 12.1 Å². The Morgan fingerprint density at radius 1 is 1.53 bits per heavy atom. The van der Waals surface area contributed by atoms with Gasteiger partial charge in [-0.05, 0) is 20.0 Å². The van der Waals surface area contributed by atoms with E-state index in [-0.39, 0.29) is 12.5 Å². The molecule has 0 aliphatic heterocycles. The number of rotatable bonds is 6. The Kier molecular flexibility index (Phi) is 5.63. The smallest absolute Gasteiger partial charge is 0.237 e. The summed E-state index contributed by atoms with van der Waals surface area (Å²) >= 11 is 0. The highest BCUT2D eigenvalue weighted by Crippen LogP contribution is 2.12. The molecule has 0 spiro atoms. The molecule has 0 aliphatic carbocycles. The van der Waals surface area contributed by atoms with Gasteiger partial charge in [0.1, 0.15) is 11.6 Å². The summed E-state index contributed by atoms with van der Waals surface area (Å²) in [5.74, 6) is -1.38. The molecule has 19 heavy (non-hydrogen) atoms. The Hall–Kier alpha value is -1.75. The Morgan fingerprint density at radius 2 is 2.21 bits per heavy atom. The first kappa shape index (κ1) is 15.3. The van der Waals surface area contributed by atoms with E-state index in [1.54, 1.807) is 24.9 Å². The quantitative estimate of drug-likeness (QED) is 0.801. The van der Waals surface area contributed by atoms with E-state index in [1.807, 2.05) is 0 Å². The maximum Gasteiger partial charge on any atom is 0.237 e. The molecule has 1 N–H and O–H groups in total. The molecule has 0 saturated carbocycles. The van der Waals surface area contributed by atoms with Crippen molar-refractivity contribution in [3.8, 4) is 0 Å². The van der Waals surface area contributed by atoms with Gasteiger partial charge in [-0.25, -0.2) is 8.78 Å². The second-order valence-corrected chi connectivity index (χ2v) is 4.36. The Bertz CT molecular complexity index is 463. The molecule has 0 fully saturated rings. The lowest BCUT2D eigenvalue weighted by molar-refractivity contribution is -0.125. The van der Waals surface area contributed by atoms with Gasteiger partial charge in [0.15, 0.2) is 0 Å². The third-order valence-electron chi connectivity index (χ3n) is 2.90. The molecule has 1 amide bonds. The lowest BCUT2D eigenvalue weighted by Gasteiger charge is -2.23. The summed E-state index contributed by atoms with van der Waals surface area (Å²) in [4.78, 5) is 13.4. The molecule has 104 valence electrons. The van der Waals surface area contributed by atoms with E-state index in [4.69, 9.17) is 0 Å². The summed E-state index contributed by atoms with van der Waals surface area (Å²) in [7, 11) is 1.71. The van der Waals surface area contributed by atoms with Crippen LogP contribution in [-0.4, -0.2) is 30.4 Å². The van der Waals surface area contributed by atoms with Crippen LogP contribution in [-0.2, 0) is 11.3 Å². The second kappa shape index (κ2) is 6.99. The first-order valence-corrected chi connectivity index (χ1v) is 5.98. The van der Waals surface area contributed by atoms with Crippen molar-refractivity contribution in [3.05, 3.63) is 48.1 Å². The van der Waals surface area contributed by atoms with Crippen LogP contribution in [0.2, 0.25) is 0 Å². The van der Waals surface area contributed by atoms with E-state index < -0.39 is 17.7 Å². The summed E-state index contributed by atoms with van der Waals surface area (Å²) in [5, 5.41) is 2.67. The van der Waals surface area contributed by atoms with E-state index in [2.05, 4.69) is 11.9 Å². The fraction of sp³-hybridized carbons (Fsp3) is 0.357. The van der Waals surface area contributed by atoms with Crippen molar-refractivity contribution in [1.29, 1.82) is 0 Å². The van der Waals surface area contributed by atoms with Crippen LogP contribution >= 0.6 is 0 Å². The largest absolute Gasteiger partial charge is 0.351 e. The van der Waals surface area contributed by atoms with Crippen molar-refractivity contribution in [2.24, 2.45) is 0 Å². The van der Waals surface area contributed by atoms with Crippen LogP contribution in [0.25, 0.3) is 0 Å². The third-order valence-corrected chi connectivity index (χ3v) is 2.90. The standard InChI is InChI=1S/C14H18F2N2O/c1-4-7-17-14(19)10(2)18(3)9-11-5-6-12(15)8-13(11)16/h4-6,8,10H,1,7,9H2,2-3H3,(H,17,19)/t10-/m1/s1. The Labute approximate surface area is 111 Å². The average molecular weight is 268 g/mol. The highest BCUT2D eigenvalue weighted by atomic mass is 19.1. The van der Waals surface area contributed by atoms with Gasteiger partial charge < -0.3 is 5.32 Å². The predicted octanol–water partition coefficient (Wildman–Crippen LogP) is 2.09. The molecule has 0 unspecified atom stereocenters. The van der Waals surface area contributed by atoms with Gasteiger partial charge in [-0.2, -0.15) is 0 Å². The van der Waals surface area contributed by atoms with Crippen molar-refractivity contribution in [2.45, 2.75) is 19.5 Å². The number of hydrogen-bond donors (Lipinski definition) is 1. The van der Waals surface area contributed by atoms with Crippen LogP contribution < -0.4 is 5.32 Å². The summed E-state index contributed by atoms with van der Waals surface area (Å²) in [5.41, 5.74) is 0.354. The van der Waals surface area contributed by atoms with Crippen molar-refractivity contribution >= 4 is 5.91 Å².